The molecule has 0 unspecified atom stereocenters. The Labute approximate surface area is 152 Å². The fraction of sp³-hybridized carbons (Fsp3) is 0.368. The molecule has 3 aromatic rings. The highest BCUT2D eigenvalue weighted by atomic mass is 16.2. The number of pyridine rings is 1. The molecule has 1 fully saturated rings. The van der Waals surface area contributed by atoms with Gasteiger partial charge in [-0.3, -0.25) is 4.79 Å². The number of carbonyl (C=O) groups is 1. The number of aromatic amines is 1. The molecule has 7 heteroatoms. The van der Waals surface area contributed by atoms with Gasteiger partial charge in [-0.1, -0.05) is 0 Å². The number of benzene rings is 1. The van der Waals surface area contributed by atoms with Crippen molar-refractivity contribution < 1.29 is 4.79 Å². The van der Waals surface area contributed by atoms with Crippen LogP contribution >= 0.6 is 0 Å². The molecule has 0 aliphatic carbocycles. The number of likely N-dealkylation sites (tertiary alicyclic amines) is 1. The number of nitrogens with one attached hydrogen (secondary N) is 1. The molecule has 0 bridgehead atoms. The van der Waals surface area contributed by atoms with E-state index < -0.39 is 0 Å². The Kier molecular flexibility index (Phi) is 4.28. The minimum atomic E-state index is 0.0569. The molecule has 26 heavy (non-hydrogen) atoms. The number of anilines is 1. The Balaban J connectivity index is 1.54. The first-order valence-electron chi connectivity index (χ1n) is 8.85. The number of carbonyl (C=O) groups excluding carboxylic acids is 1. The molecule has 1 N–H and O–H groups in total. The van der Waals surface area contributed by atoms with Crippen molar-refractivity contribution in [3.8, 4) is 0 Å². The zero-order chi connectivity index (χ0) is 18.1. The lowest BCUT2D eigenvalue weighted by molar-refractivity contribution is 0.0707. The van der Waals surface area contributed by atoms with Crippen molar-refractivity contribution in [1.82, 2.24) is 25.3 Å². The van der Waals surface area contributed by atoms with Gasteiger partial charge in [0.05, 0.1) is 0 Å². The highest BCUT2D eigenvalue weighted by Crippen LogP contribution is 2.29. The fourth-order valence-electron chi connectivity index (χ4n) is 3.52. The van der Waals surface area contributed by atoms with Crippen LogP contribution < -0.4 is 4.90 Å². The lowest BCUT2D eigenvalue weighted by Gasteiger charge is -2.33. The van der Waals surface area contributed by atoms with E-state index in [1.807, 2.05) is 42.2 Å². The standard InChI is InChI=1S/C19H22N6O/c1-24(2)18-11-13(7-8-20-18)15-4-3-9-25(12-15)19(26)14-5-6-16-17(10-14)22-23-21-16/h5-8,10-11,15H,3-4,9,12H2,1-2H3,(H,21,22,23)/t15-/m1/s1. The van der Waals surface area contributed by atoms with E-state index in [4.69, 9.17) is 0 Å². The Hall–Kier alpha value is -2.96. The summed E-state index contributed by atoms with van der Waals surface area (Å²) in [4.78, 5) is 21.3. The van der Waals surface area contributed by atoms with Crippen LogP contribution in [0.3, 0.4) is 0 Å². The number of piperidine rings is 1. The summed E-state index contributed by atoms with van der Waals surface area (Å²) in [7, 11) is 3.98. The minimum absolute atomic E-state index is 0.0569. The van der Waals surface area contributed by atoms with E-state index in [1.54, 1.807) is 6.07 Å². The van der Waals surface area contributed by atoms with Crippen molar-refractivity contribution in [2.75, 3.05) is 32.1 Å². The first-order valence-corrected chi connectivity index (χ1v) is 8.85. The van der Waals surface area contributed by atoms with Gasteiger partial charge in [-0.15, -0.1) is 0 Å². The average molecular weight is 350 g/mol. The minimum Gasteiger partial charge on any atom is -0.363 e. The summed E-state index contributed by atoms with van der Waals surface area (Å²) in [5.74, 6) is 1.34. The molecule has 1 aliphatic rings. The number of amides is 1. The van der Waals surface area contributed by atoms with Crippen molar-refractivity contribution in [2.24, 2.45) is 0 Å². The maximum absolute atomic E-state index is 13.0. The normalized spacial score (nSPS) is 17.5. The monoisotopic (exact) mass is 350 g/mol. The first-order chi connectivity index (χ1) is 12.6. The smallest absolute Gasteiger partial charge is 0.253 e. The molecule has 0 saturated carbocycles. The van der Waals surface area contributed by atoms with Gasteiger partial charge >= 0.3 is 0 Å². The number of nitrogens with zero attached hydrogens (tertiary/aromatic N) is 5. The molecule has 3 heterocycles. The number of rotatable bonds is 3. The van der Waals surface area contributed by atoms with Crippen LogP contribution in [0.15, 0.2) is 36.5 Å². The van der Waals surface area contributed by atoms with Crippen LogP contribution in [0.4, 0.5) is 5.82 Å². The summed E-state index contributed by atoms with van der Waals surface area (Å²) in [6.45, 7) is 1.52. The largest absolute Gasteiger partial charge is 0.363 e. The van der Waals surface area contributed by atoms with Crippen molar-refractivity contribution in [3.05, 3.63) is 47.7 Å². The fourth-order valence-corrected chi connectivity index (χ4v) is 3.52. The molecule has 1 saturated heterocycles. The quantitative estimate of drug-likeness (QED) is 0.785. The highest BCUT2D eigenvalue weighted by molar-refractivity contribution is 5.97. The van der Waals surface area contributed by atoms with Crippen molar-refractivity contribution in [2.45, 2.75) is 18.8 Å². The predicted octanol–water partition coefficient (Wildman–Crippen LogP) is 2.44. The Morgan fingerprint density at radius 3 is 2.88 bits per heavy atom. The van der Waals surface area contributed by atoms with Gasteiger partial charge in [0.1, 0.15) is 16.9 Å². The molecule has 1 aromatic carbocycles. The Morgan fingerprint density at radius 1 is 1.19 bits per heavy atom. The summed E-state index contributed by atoms with van der Waals surface area (Å²) < 4.78 is 0. The van der Waals surface area contributed by atoms with Crippen LogP contribution in [0, 0.1) is 0 Å². The summed E-state index contributed by atoms with van der Waals surface area (Å²) in [6, 6.07) is 9.65. The molecule has 2 aromatic heterocycles. The van der Waals surface area contributed by atoms with Crippen LogP contribution in [-0.4, -0.2) is 58.4 Å². The second-order valence-corrected chi connectivity index (χ2v) is 6.96. The van der Waals surface area contributed by atoms with E-state index in [0.29, 0.717) is 17.0 Å². The average Bonchev–Trinajstić information content (AvgIpc) is 3.15. The summed E-state index contributed by atoms with van der Waals surface area (Å²) in [6.07, 6.45) is 3.94. The molecule has 0 radical (unpaired) electrons. The van der Waals surface area contributed by atoms with Gasteiger partial charge in [-0.2, -0.15) is 15.4 Å². The Bertz CT molecular complexity index is 934. The second-order valence-electron chi connectivity index (χ2n) is 6.96. The van der Waals surface area contributed by atoms with E-state index in [2.05, 4.69) is 32.5 Å². The first kappa shape index (κ1) is 16.5. The van der Waals surface area contributed by atoms with Gasteiger partial charge in [0.25, 0.3) is 5.91 Å². The number of aromatic nitrogens is 4. The second kappa shape index (κ2) is 6.74. The van der Waals surface area contributed by atoms with Crippen LogP contribution in [0.2, 0.25) is 0 Å². The van der Waals surface area contributed by atoms with E-state index in [9.17, 15) is 4.79 Å². The van der Waals surface area contributed by atoms with Crippen LogP contribution in [0.25, 0.3) is 11.0 Å². The van der Waals surface area contributed by atoms with Gasteiger partial charge < -0.3 is 9.80 Å². The van der Waals surface area contributed by atoms with Crippen LogP contribution in [0.1, 0.15) is 34.7 Å². The van der Waals surface area contributed by atoms with E-state index in [1.165, 1.54) is 5.56 Å². The maximum atomic E-state index is 13.0. The lowest BCUT2D eigenvalue weighted by Crippen LogP contribution is -2.39. The van der Waals surface area contributed by atoms with Crippen molar-refractivity contribution in [3.63, 3.8) is 0 Å². The van der Waals surface area contributed by atoms with Crippen molar-refractivity contribution >= 4 is 22.8 Å². The molecular weight excluding hydrogens is 328 g/mol. The molecule has 1 aliphatic heterocycles. The zero-order valence-corrected chi connectivity index (χ0v) is 15.0. The van der Waals surface area contributed by atoms with Gasteiger partial charge in [0.2, 0.25) is 0 Å². The SMILES string of the molecule is CN(C)c1cc([C@@H]2CCCN(C(=O)c3ccc4n[nH]nc4c3)C2)ccn1. The number of hydrogen-bond acceptors (Lipinski definition) is 5. The Morgan fingerprint density at radius 2 is 2.04 bits per heavy atom. The van der Waals surface area contributed by atoms with Crippen molar-refractivity contribution in [1.29, 1.82) is 0 Å². The maximum Gasteiger partial charge on any atom is 0.253 e. The van der Waals surface area contributed by atoms with E-state index in [-0.39, 0.29) is 5.91 Å². The molecule has 1 atom stereocenters. The highest BCUT2D eigenvalue weighted by Gasteiger charge is 2.26. The van der Waals surface area contributed by atoms with Gasteiger partial charge in [-0.05, 0) is 48.7 Å². The molecule has 4 rings (SSSR count). The lowest BCUT2D eigenvalue weighted by atomic mass is 9.90. The number of hydrogen-bond donors (Lipinski definition) is 1. The molecule has 1 amide bonds. The summed E-state index contributed by atoms with van der Waals surface area (Å²) in [5, 5.41) is 10.7. The van der Waals surface area contributed by atoms with Gasteiger partial charge in [0.15, 0.2) is 0 Å². The van der Waals surface area contributed by atoms with Gasteiger partial charge in [0, 0.05) is 44.9 Å². The summed E-state index contributed by atoms with van der Waals surface area (Å²) in [5.41, 5.74) is 3.39. The third kappa shape index (κ3) is 3.12. The molecule has 7 nitrogen and oxygen atoms in total. The van der Waals surface area contributed by atoms with Gasteiger partial charge in [-0.25, -0.2) is 4.98 Å². The van der Waals surface area contributed by atoms with E-state index >= 15 is 0 Å². The molecule has 0 spiro atoms. The molecular formula is C19H22N6O. The number of H-pyrrole nitrogens is 1. The zero-order valence-electron chi connectivity index (χ0n) is 15.0. The third-order valence-electron chi connectivity index (χ3n) is 4.97. The van der Waals surface area contributed by atoms with E-state index in [0.717, 1.165) is 37.3 Å². The number of fused-ring (bicyclic) bond motifs is 1. The topological polar surface area (TPSA) is 78.0 Å². The predicted molar refractivity (Wildman–Crippen MR) is 100 cm³/mol. The third-order valence-corrected chi connectivity index (χ3v) is 4.97. The van der Waals surface area contributed by atoms with Crippen LogP contribution in [0.5, 0.6) is 0 Å². The van der Waals surface area contributed by atoms with Crippen LogP contribution in [-0.2, 0) is 0 Å². The molecule has 134 valence electrons. The summed E-state index contributed by atoms with van der Waals surface area (Å²) >= 11 is 0.